The number of carbonyl (C=O) groups excluding carboxylic acids is 2. The predicted molar refractivity (Wildman–Crippen MR) is 98.9 cm³/mol. The van der Waals surface area contributed by atoms with Crippen molar-refractivity contribution in [3.05, 3.63) is 84.4 Å². The van der Waals surface area contributed by atoms with Crippen molar-refractivity contribution in [3.63, 3.8) is 0 Å². The summed E-state index contributed by atoms with van der Waals surface area (Å²) >= 11 is 0. The standard InChI is InChI=1S/C21H17NO4/c23-14-16-6-10-18(11-7-16)25-15-21(24)22-17-8-12-20(13-9-17)26-19-4-2-1-3-5-19/h1-14H,15H2,(H,22,24). The number of hydrogen-bond donors (Lipinski definition) is 1. The van der Waals surface area contributed by atoms with Crippen LogP contribution in [0.1, 0.15) is 10.4 Å². The third-order valence-electron chi connectivity index (χ3n) is 3.50. The van der Waals surface area contributed by atoms with E-state index < -0.39 is 0 Å². The summed E-state index contributed by atoms with van der Waals surface area (Å²) in [5, 5.41) is 2.75. The molecule has 1 amide bonds. The van der Waals surface area contributed by atoms with Gasteiger partial charge in [-0.2, -0.15) is 0 Å². The number of amides is 1. The lowest BCUT2D eigenvalue weighted by molar-refractivity contribution is -0.118. The molecule has 0 aliphatic carbocycles. The number of aldehydes is 1. The van der Waals surface area contributed by atoms with Crippen molar-refractivity contribution >= 4 is 17.9 Å². The molecular formula is C21H17NO4. The van der Waals surface area contributed by atoms with E-state index in [2.05, 4.69) is 5.32 Å². The second-order valence-corrected chi connectivity index (χ2v) is 5.46. The van der Waals surface area contributed by atoms with Crippen LogP contribution in [0, 0.1) is 0 Å². The molecule has 3 aromatic carbocycles. The second-order valence-electron chi connectivity index (χ2n) is 5.46. The van der Waals surface area contributed by atoms with E-state index in [9.17, 15) is 9.59 Å². The monoisotopic (exact) mass is 347 g/mol. The predicted octanol–water partition coefficient (Wildman–Crippen LogP) is 4.31. The Hall–Kier alpha value is -3.60. The first-order chi connectivity index (χ1) is 12.7. The van der Waals surface area contributed by atoms with Gasteiger partial charge in [0.1, 0.15) is 23.5 Å². The molecule has 0 fully saturated rings. The first kappa shape index (κ1) is 17.2. The zero-order valence-corrected chi connectivity index (χ0v) is 13.9. The van der Waals surface area contributed by atoms with Crippen LogP contribution < -0.4 is 14.8 Å². The van der Waals surface area contributed by atoms with Crippen LogP contribution in [0.25, 0.3) is 0 Å². The molecule has 0 aromatic heterocycles. The molecular weight excluding hydrogens is 330 g/mol. The van der Waals surface area contributed by atoms with Crippen LogP contribution in [-0.4, -0.2) is 18.8 Å². The topological polar surface area (TPSA) is 64.6 Å². The summed E-state index contributed by atoms with van der Waals surface area (Å²) in [4.78, 5) is 22.6. The van der Waals surface area contributed by atoms with Crippen molar-refractivity contribution in [3.8, 4) is 17.2 Å². The van der Waals surface area contributed by atoms with E-state index in [1.807, 2.05) is 30.3 Å². The SMILES string of the molecule is O=Cc1ccc(OCC(=O)Nc2ccc(Oc3ccccc3)cc2)cc1. The summed E-state index contributed by atoms with van der Waals surface area (Å²) in [6.45, 7) is -0.122. The number of benzene rings is 3. The van der Waals surface area contributed by atoms with Gasteiger partial charge in [-0.05, 0) is 60.7 Å². The van der Waals surface area contributed by atoms with Gasteiger partial charge in [-0.15, -0.1) is 0 Å². The van der Waals surface area contributed by atoms with Crippen LogP contribution in [-0.2, 0) is 4.79 Å². The third-order valence-corrected chi connectivity index (χ3v) is 3.50. The highest BCUT2D eigenvalue weighted by Gasteiger charge is 2.05. The van der Waals surface area contributed by atoms with Crippen LogP contribution >= 0.6 is 0 Å². The van der Waals surface area contributed by atoms with E-state index >= 15 is 0 Å². The molecule has 0 saturated carbocycles. The number of ether oxygens (including phenoxy) is 2. The van der Waals surface area contributed by atoms with Gasteiger partial charge in [0.2, 0.25) is 0 Å². The summed E-state index contributed by atoms with van der Waals surface area (Å²) in [6.07, 6.45) is 0.752. The Bertz CT molecular complexity index is 859. The van der Waals surface area contributed by atoms with Crippen LogP contribution in [0.2, 0.25) is 0 Å². The summed E-state index contributed by atoms with van der Waals surface area (Å²) < 4.78 is 11.1. The van der Waals surface area contributed by atoms with Gasteiger partial charge in [0.05, 0.1) is 0 Å². The molecule has 0 spiro atoms. The van der Waals surface area contributed by atoms with Crippen LogP contribution in [0.3, 0.4) is 0 Å². The van der Waals surface area contributed by atoms with Crippen LogP contribution in [0.5, 0.6) is 17.2 Å². The first-order valence-electron chi connectivity index (χ1n) is 8.04. The number of rotatable bonds is 7. The Morgan fingerprint density at radius 1 is 0.808 bits per heavy atom. The molecule has 0 saturated heterocycles. The molecule has 0 bridgehead atoms. The molecule has 1 N–H and O–H groups in total. The lowest BCUT2D eigenvalue weighted by Crippen LogP contribution is -2.20. The van der Waals surface area contributed by atoms with E-state index in [1.165, 1.54) is 0 Å². The maximum Gasteiger partial charge on any atom is 0.262 e. The van der Waals surface area contributed by atoms with Crippen molar-refractivity contribution in [2.24, 2.45) is 0 Å². The minimum Gasteiger partial charge on any atom is -0.484 e. The number of anilines is 1. The minimum absolute atomic E-state index is 0.122. The summed E-state index contributed by atoms with van der Waals surface area (Å²) in [5.74, 6) is 1.68. The fourth-order valence-corrected chi connectivity index (χ4v) is 2.22. The Balaban J connectivity index is 1.50. The Labute approximate surface area is 151 Å². The molecule has 130 valence electrons. The van der Waals surface area contributed by atoms with Crippen LogP contribution in [0.4, 0.5) is 5.69 Å². The van der Waals surface area contributed by atoms with Crippen molar-refractivity contribution in [1.29, 1.82) is 0 Å². The van der Waals surface area contributed by atoms with E-state index in [4.69, 9.17) is 9.47 Å². The Kier molecular flexibility index (Phi) is 5.62. The number of hydrogen-bond acceptors (Lipinski definition) is 4. The minimum atomic E-state index is -0.277. The van der Waals surface area contributed by atoms with Gasteiger partial charge in [0, 0.05) is 11.3 Å². The maximum absolute atomic E-state index is 12.0. The van der Waals surface area contributed by atoms with Gasteiger partial charge in [0.15, 0.2) is 6.61 Å². The number of carbonyl (C=O) groups is 2. The Morgan fingerprint density at radius 2 is 1.42 bits per heavy atom. The van der Waals surface area contributed by atoms with Crippen molar-refractivity contribution in [2.75, 3.05) is 11.9 Å². The molecule has 0 unspecified atom stereocenters. The first-order valence-corrected chi connectivity index (χ1v) is 8.04. The highest BCUT2D eigenvalue weighted by Crippen LogP contribution is 2.22. The van der Waals surface area contributed by atoms with Gasteiger partial charge in [-0.3, -0.25) is 9.59 Å². The van der Waals surface area contributed by atoms with Gasteiger partial charge in [-0.1, -0.05) is 18.2 Å². The summed E-state index contributed by atoms with van der Waals surface area (Å²) in [7, 11) is 0. The molecule has 5 nitrogen and oxygen atoms in total. The van der Waals surface area contributed by atoms with Crippen molar-refractivity contribution in [2.45, 2.75) is 0 Å². The average molecular weight is 347 g/mol. The zero-order chi connectivity index (χ0) is 18.2. The fraction of sp³-hybridized carbons (Fsp3) is 0.0476. The molecule has 0 aliphatic rings. The average Bonchev–Trinajstić information content (AvgIpc) is 2.69. The summed E-state index contributed by atoms with van der Waals surface area (Å²) in [5.41, 5.74) is 1.20. The number of nitrogens with one attached hydrogen (secondary N) is 1. The van der Waals surface area contributed by atoms with E-state index in [-0.39, 0.29) is 12.5 Å². The van der Waals surface area contributed by atoms with Crippen LogP contribution in [0.15, 0.2) is 78.9 Å². The molecule has 5 heteroatoms. The van der Waals surface area contributed by atoms with E-state index in [0.717, 1.165) is 12.0 Å². The maximum atomic E-state index is 12.0. The highest BCUT2D eigenvalue weighted by molar-refractivity contribution is 5.91. The largest absolute Gasteiger partial charge is 0.484 e. The molecule has 0 aliphatic heterocycles. The lowest BCUT2D eigenvalue weighted by atomic mass is 10.2. The molecule has 0 atom stereocenters. The third kappa shape index (κ3) is 4.95. The molecule has 3 rings (SSSR count). The van der Waals surface area contributed by atoms with Gasteiger partial charge >= 0.3 is 0 Å². The summed E-state index contributed by atoms with van der Waals surface area (Å²) in [6, 6.07) is 23.1. The lowest BCUT2D eigenvalue weighted by Gasteiger charge is -2.09. The molecule has 3 aromatic rings. The highest BCUT2D eigenvalue weighted by atomic mass is 16.5. The smallest absolute Gasteiger partial charge is 0.262 e. The van der Waals surface area contributed by atoms with Gasteiger partial charge in [0.25, 0.3) is 5.91 Å². The fourth-order valence-electron chi connectivity index (χ4n) is 2.22. The second kappa shape index (κ2) is 8.48. The molecule has 0 radical (unpaired) electrons. The normalized spacial score (nSPS) is 10.0. The Morgan fingerprint density at radius 3 is 2.08 bits per heavy atom. The van der Waals surface area contributed by atoms with Crippen molar-refractivity contribution in [1.82, 2.24) is 0 Å². The van der Waals surface area contributed by atoms with E-state index in [0.29, 0.717) is 22.7 Å². The number of para-hydroxylation sites is 1. The van der Waals surface area contributed by atoms with E-state index in [1.54, 1.807) is 48.5 Å². The molecule has 0 heterocycles. The van der Waals surface area contributed by atoms with Crippen molar-refractivity contribution < 1.29 is 19.1 Å². The molecule has 26 heavy (non-hydrogen) atoms. The quantitative estimate of drug-likeness (QED) is 0.647. The zero-order valence-electron chi connectivity index (χ0n) is 13.9. The van der Waals surface area contributed by atoms with Gasteiger partial charge < -0.3 is 14.8 Å². The van der Waals surface area contributed by atoms with Gasteiger partial charge in [-0.25, -0.2) is 0 Å².